The van der Waals surface area contributed by atoms with Crippen molar-refractivity contribution in [2.24, 2.45) is 0 Å². The molecule has 5 heteroatoms. The first-order valence-electron chi connectivity index (χ1n) is 7.00. The van der Waals surface area contributed by atoms with E-state index in [-0.39, 0.29) is 18.2 Å². The number of rotatable bonds is 3. The van der Waals surface area contributed by atoms with Gasteiger partial charge in [0.05, 0.1) is 12.1 Å². The van der Waals surface area contributed by atoms with Crippen LogP contribution in [0.15, 0.2) is 48.5 Å². The summed E-state index contributed by atoms with van der Waals surface area (Å²) in [4.78, 5) is 25.9. The highest BCUT2D eigenvalue weighted by molar-refractivity contribution is 6.30. The lowest BCUT2D eigenvalue weighted by atomic mass is 10.2. The average Bonchev–Trinajstić information content (AvgIpc) is 2.77. The molecule has 112 valence electrons. The molecule has 0 saturated carbocycles. The predicted octanol–water partition coefficient (Wildman–Crippen LogP) is 3.39. The van der Waals surface area contributed by atoms with Crippen molar-refractivity contribution in [1.29, 1.82) is 0 Å². The van der Waals surface area contributed by atoms with Crippen LogP contribution >= 0.6 is 11.6 Å². The molecule has 0 aromatic heterocycles. The molecule has 0 aliphatic carbocycles. The van der Waals surface area contributed by atoms with Crippen LogP contribution < -0.4 is 10.2 Å². The number of carbonyl (C=O) groups is 2. The van der Waals surface area contributed by atoms with Crippen molar-refractivity contribution < 1.29 is 9.59 Å². The van der Waals surface area contributed by atoms with Gasteiger partial charge in [-0.25, -0.2) is 4.90 Å². The second-order valence-corrected chi connectivity index (χ2v) is 5.75. The van der Waals surface area contributed by atoms with E-state index in [9.17, 15) is 9.59 Å². The molecule has 22 heavy (non-hydrogen) atoms. The Morgan fingerprint density at radius 3 is 2.32 bits per heavy atom. The second kappa shape index (κ2) is 5.81. The number of aryl methyl sites for hydroxylation is 1. The standard InChI is InChI=1S/C17H15ClN2O2/c1-11-2-8-14(9-3-11)20-16(21)10-15(17(20)22)19-13-6-4-12(18)5-7-13/h2-9,15,19H,10H2,1H3/t15-/m1/s1. The van der Waals surface area contributed by atoms with E-state index in [0.29, 0.717) is 10.7 Å². The van der Waals surface area contributed by atoms with Gasteiger partial charge in [-0.3, -0.25) is 9.59 Å². The molecule has 2 aromatic rings. The number of benzene rings is 2. The Morgan fingerprint density at radius 1 is 1.05 bits per heavy atom. The zero-order chi connectivity index (χ0) is 15.7. The third-order valence-corrected chi connectivity index (χ3v) is 3.88. The molecule has 1 saturated heterocycles. The number of halogens is 1. The third kappa shape index (κ3) is 2.83. The Kier molecular flexibility index (Phi) is 3.86. The van der Waals surface area contributed by atoms with E-state index >= 15 is 0 Å². The minimum absolute atomic E-state index is 0.148. The SMILES string of the molecule is Cc1ccc(N2C(=O)C[C@@H](Nc3ccc(Cl)cc3)C2=O)cc1. The molecular weight excluding hydrogens is 300 g/mol. The van der Waals surface area contributed by atoms with Gasteiger partial charge in [0.15, 0.2) is 0 Å². The molecular formula is C17H15ClN2O2. The largest absolute Gasteiger partial charge is 0.373 e. The molecule has 1 atom stereocenters. The van der Waals surface area contributed by atoms with Crippen molar-refractivity contribution in [1.82, 2.24) is 0 Å². The number of anilines is 2. The maximum atomic E-state index is 12.5. The predicted molar refractivity (Wildman–Crippen MR) is 87.2 cm³/mol. The number of carbonyl (C=O) groups excluding carboxylic acids is 2. The molecule has 3 rings (SSSR count). The molecule has 0 spiro atoms. The average molecular weight is 315 g/mol. The number of amides is 2. The topological polar surface area (TPSA) is 49.4 Å². The zero-order valence-electron chi connectivity index (χ0n) is 12.0. The molecule has 0 radical (unpaired) electrons. The monoisotopic (exact) mass is 314 g/mol. The minimum Gasteiger partial charge on any atom is -0.373 e. The minimum atomic E-state index is -0.546. The molecule has 0 unspecified atom stereocenters. The molecule has 1 N–H and O–H groups in total. The van der Waals surface area contributed by atoms with Gasteiger partial charge in [0.25, 0.3) is 5.91 Å². The van der Waals surface area contributed by atoms with Gasteiger partial charge < -0.3 is 5.32 Å². The summed E-state index contributed by atoms with van der Waals surface area (Å²) in [6.07, 6.45) is 0.148. The number of nitrogens with zero attached hydrogens (tertiary/aromatic N) is 1. The lowest BCUT2D eigenvalue weighted by molar-refractivity contribution is -0.121. The van der Waals surface area contributed by atoms with Crippen LogP contribution in [0, 0.1) is 6.92 Å². The van der Waals surface area contributed by atoms with E-state index in [1.807, 2.05) is 19.1 Å². The van der Waals surface area contributed by atoms with Crippen molar-refractivity contribution in [2.75, 3.05) is 10.2 Å². The number of imide groups is 1. The Labute approximate surface area is 133 Å². The van der Waals surface area contributed by atoms with Crippen molar-refractivity contribution in [3.05, 3.63) is 59.1 Å². The van der Waals surface area contributed by atoms with Crippen molar-refractivity contribution in [2.45, 2.75) is 19.4 Å². The van der Waals surface area contributed by atoms with Crippen LogP contribution in [-0.4, -0.2) is 17.9 Å². The fourth-order valence-electron chi connectivity index (χ4n) is 2.46. The normalized spacial score (nSPS) is 17.9. The third-order valence-electron chi connectivity index (χ3n) is 3.62. The summed E-state index contributed by atoms with van der Waals surface area (Å²) in [5.74, 6) is -0.427. The lowest BCUT2D eigenvalue weighted by Gasteiger charge is -2.16. The van der Waals surface area contributed by atoms with Crippen LogP contribution in [0.2, 0.25) is 5.02 Å². The molecule has 0 bridgehead atoms. The Hall–Kier alpha value is -2.33. The first-order chi connectivity index (χ1) is 10.5. The van der Waals surface area contributed by atoms with Crippen LogP contribution in [-0.2, 0) is 9.59 Å². The van der Waals surface area contributed by atoms with Crippen LogP contribution in [0.25, 0.3) is 0 Å². The van der Waals surface area contributed by atoms with E-state index < -0.39 is 6.04 Å². The van der Waals surface area contributed by atoms with Gasteiger partial charge in [-0.2, -0.15) is 0 Å². The fraction of sp³-hybridized carbons (Fsp3) is 0.176. The van der Waals surface area contributed by atoms with Crippen molar-refractivity contribution in [3.8, 4) is 0 Å². The van der Waals surface area contributed by atoms with Gasteiger partial charge in [-0.15, -0.1) is 0 Å². The smallest absolute Gasteiger partial charge is 0.256 e. The van der Waals surface area contributed by atoms with E-state index in [1.165, 1.54) is 4.90 Å². The Morgan fingerprint density at radius 2 is 1.68 bits per heavy atom. The van der Waals surface area contributed by atoms with Crippen LogP contribution in [0.1, 0.15) is 12.0 Å². The maximum absolute atomic E-state index is 12.5. The summed E-state index contributed by atoms with van der Waals surface area (Å²) in [6.45, 7) is 1.96. The van der Waals surface area contributed by atoms with Crippen LogP contribution in [0.4, 0.5) is 11.4 Å². The molecule has 1 heterocycles. The van der Waals surface area contributed by atoms with Crippen molar-refractivity contribution >= 4 is 34.8 Å². The second-order valence-electron chi connectivity index (χ2n) is 5.31. The Bertz CT molecular complexity index is 710. The van der Waals surface area contributed by atoms with E-state index in [4.69, 9.17) is 11.6 Å². The maximum Gasteiger partial charge on any atom is 0.256 e. The number of hydrogen-bond donors (Lipinski definition) is 1. The van der Waals surface area contributed by atoms with E-state index in [2.05, 4.69) is 5.32 Å². The Balaban J connectivity index is 1.79. The van der Waals surface area contributed by atoms with Gasteiger partial charge in [-0.1, -0.05) is 29.3 Å². The van der Waals surface area contributed by atoms with Crippen LogP contribution in [0.5, 0.6) is 0 Å². The van der Waals surface area contributed by atoms with Gasteiger partial charge in [-0.05, 0) is 43.3 Å². The summed E-state index contributed by atoms with van der Waals surface area (Å²) in [6, 6.07) is 13.8. The summed E-state index contributed by atoms with van der Waals surface area (Å²) in [7, 11) is 0. The quantitative estimate of drug-likeness (QED) is 0.883. The summed E-state index contributed by atoms with van der Waals surface area (Å²) in [5.41, 5.74) is 2.46. The van der Waals surface area contributed by atoms with Crippen LogP contribution in [0.3, 0.4) is 0 Å². The molecule has 1 aliphatic heterocycles. The first kappa shape index (κ1) is 14.6. The van der Waals surface area contributed by atoms with Gasteiger partial charge in [0.2, 0.25) is 5.91 Å². The number of nitrogens with one attached hydrogen (secondary N) is 1. The van der Waals surface area contributed by atoms with E-state index in [1.54, 1.807) is 36.4 Å². The molecule has 1 fully saturated rings. The zero-order valence-corrected chi connectivity index (χ0v) is 12.8. The highest BCUT2D eigenvalue weighted by Gasteiger charge is 2.39. The highest BCUT2D eigenvalue weighted by Crippen LogP contribution is 2.25. The van der Waals surface area contributed by atoms with Crippen molar-refractivity contribution in [3.63, 3.8) is 0 Å². The molecule has 4 nitrogen and oxygen atoms in total. The lowest BCUT2D eigenvalue weighted by Crippen LogP contribution is -2.34. The van der Waals surface area contributed by atoms with Gasteiger partial charge in [0.1, 0.15) is 6.04 Å². The number of hydrogen-bond acceptors (Lipinski definition) is 3. The van der Waals surface area contributed by atoms with E-state index in [0.717, 1.165) is 11.3 Å². The molecule has 2 amide bonds. The summed E-state index contributed by atoms with van der Waals surface area (Å²) in [5, 5.41) is 3.71. The summed E-state index contributed by atoms with van der Waals surface area (Å²) >= 11 is 5.84. The van der Waals surface area contributed by atoms with Gasteiger partial charge >= 0.3 is 0 Å². The first-order valence-corrected chi connectivity index (χ1v) is 7.38. The molecule has 1 aliphatic rings. The molecule has 2 aromatic carbocycles. The fourth-order valence-corrected chi connectivity index (χ4v) is 2.58. The summed E-state index contributed by atoms with van der Waals surface area (Å²) < 4.78 is 0. The van der Waals surface area contributed by atoms with Gasteiger partial charge in [0, 0.05) is 10.7 Å². The highest BCUT2D eigenvalue weighted by atomic mass is 35.5.